The molecule has 2 unspecified atom stereocenters. The van der Waals surface area contributed by atoms with E-state index in [1.54, 1.807) is 0 Å². The predicted octanol–water partition coefficient (Wildman–Crippen LogP) is 3.02. The maximum absolute atomic E-state index is 10.5. The van der Waals surface area contributed by atoms with Gasteiger partial charge in [0.15, 0.2) is 11.5 Å². The molecule has 1 heterocycles. The normalized spacial score (nSPS) is 17.4. The van der Waals surface area contributed by atoms with Crippen molar-refractivity contribution in [1.29, 1.82) is 0 Å². The number of hydrogen-bond acceptors (Lipinski definition) is 4. The summed E-state index contributed by atoms with van der Waals surface area (Å²) in [6, 6.07) is 3.77. The summed E-state index contributed by atoms with van der Waals surface area (Å²) in [6.07, 6.45) is 2.20. The van der Waals surface area contributed by atoms with Crippen LogP contribution in [0.4, 0.5) is 0 Å². The maximum Gasteiger partial charge on any atom is 0.175 e. The average Bonchev–Trinajstić information content (AvgIpc) is 2.69. The number of nitrogens with two attached hydrogens (primary N) is 1. The monoisotopic (exact) mass is 343 g/mol. The van der Waals surface area contributed by atoms with Crippen molar-refractivity contribution in [2.45, 2.75) is 32.3 Å². The Morgan fingerprint density at radius 1 is 1.35 bits per heavy atom. The van der Waals surface area contributed by atoms with Gasteiger partial charge in [-0.3, -0.25) is 0 Å². The molecular formula is C15H22BrNO3. The number of ether oxygens (including phenoxy) is 2. The third kappa shape index (κ3) is 3.45. The lowest BCUT2D eigenvalue weighted by molar-refractivity contribution is 0.106. The van der Waals surface area contributed by atoms with Gasteiger partial charge in [0, 0.05) is 12.3 Å². The van der Waals surface area contributed by atoms with Crippen molar-refractivity contribution >= 4 is 15.9 Å². The van der Waals surface area contributed by atoms with Crippen molar-refractivity contribution in [3.63, 3.8) is 0 Å². The SMILES string of the molecule is CCCC(CN)C(O)c1cc(Br)c2c(c1)OCCCO2. The Hall–Kier alpha value is -0.780. The van der Waals surface area contributed by atoms with Crippen LogP contribution in [0, 0.1) is 5.92 Å². The Morgan fingerprint density at radius 3 is 2.80 bits per heavy atom. The van der Waals surface area contributed by atoms with Gasteiger partial charge in [-0.2, -0.15) is 0 Å². The molecule has 0 radical (unpaired) electrons. The second-order valence-corrected chi connectivity index (χ2v) is 5.96. The Balaban J connectivity index is 2.28. The second-order valence-electron chi connectivity index (χ2n) is 5.11. The summed E-state index contributed by atoms with van der Waals surface area (Å²) in [5.74, 6) is 1.48. The fraction of sp³-hybridized carbons (Fsp3) is 0.600. The van der Waals surface area contributed by atoms with Gasteiger partial charge < -0.3 is 20.3 Å². The fourth-order valence-electron chi connectivity index (χ4n) is 2.47. The van der Waals surface area contributed by atoms with Crippen LogP contribution in [0.1, 0.15) is 37.9 Å². The van der Waals surface area contributed by atoms with E-state index in [4.69, 9.17) is 15.2 Å². The summed E-state index contributed by atoms with van der Waals surface area (Å²) in [5, 5.41) is 10.5. The van der Waals surface area contributed by atoms with Gasteiger partial charge >= 0.3 is 0 Å². The molecule has 1 aliphatic rings. The van der Waals surface area contributed by atoms with E-state index in [0.717, 1.165) is 35.0 Å². The number of halogens is 1. The van der Waals surface area contributed by atoms with Crippen LogP contribution in [0.2, 0.25) is 0 Å². The van der Waals surface area contributed by atoms with Gasteiger partial charge in [0.1, 0.15) is 0 Å². The van der Waals surface area contributed by atoms with E-state index in [0.29, 0.717) is 25.5 Å². The lowest BCUT2D eigenvalue weighted by Crippen LogP contribution is -2.22. The van der Waals surface area contributed by atoms with Gasteiger partial charge in [-0.1, -0.05) is 13.3 Å². The van der Waals surface area contributed by atoms with Crippen LogP contribution in [-0.4, -0.2) is 24.9 Å². The molecule has 20 heavy (non-hydrogen) atoms. The van der Waals surface area contributed by atoms with Gasteiger partial charge in [-0.05, 0) is 46.6 Å². The van der Waals surface area contributed by atoms with Crippen LogP contribution in [-0.2, 0) is 0 Å². The van der Waals surface area contributed by atoms with Crippen LogP contribution in [0.15, 0.2) is 16.6 Å². The fourth-order valence-corrected chi connectivity index (χ4v) is 3.04. The van der Waals surface area contributed by atoms with Crippen molar-refractivity contribution in [3.8, 4) is 11.5 Å². The first kappa shape index (κ1) is 15.6. The molecule has 1 aliphatic heterocycles. The Kier molecular flexibility index (Phi) is 5.69. The Bertz CT molecular complexity index is 453. The van der Waals surface area contributed by atoms with E-state index in [1.165, 1.54) is 0 Å². The Morgan fingerprint density at radius 2 is 2.10 bits per heavy atom. The second kappa shape index (κ2) is 7.29. The van der Waals surface area contributed by atoms with Gasteiger partial charge in [0.2, 0.25) is 0 Å². The molecule has 0 aromatic heterocycles. The highest BCUT2D eigenvalue weighted by atomic mass is 79.9. The molecular weight excluding hydrogens is 322 g/mol. The van der Waals surface area contributed by atoms with Gasteiger partial charge in [0.05, 0.1) is 23.8 Å². The van der Waals surface area contributed by atoms with E-state index in [-0.39, 0.29) is 5.92 Å². The average molecular weight is 344 g/mol. The predicted molar refractivity (Wildman–Crippen MR) is 82.2 cm³/mol. The van der Waals surface area contributed by atoms with Crippen LogP contribution in [0.25, 0.3) is 0 Å². The molecule has 1 aromatic carbocycles. The van der Waals surface area contributed by atoms with Gasteiger partial charge in [-0.25, -0.2) is 0 Å². The lowest BCUT2D eigenvalue weighted by Gasteiger charge is -2.22. The summed E-state index contributed by atoms with van der Waals surface area (Å²) >= 11 is 3.50. The summed E-state index contributed by atoms with van der Waals surface area (Å²) < 4.78 is 12.2. The zero-order valence-electron chi connectivity index (χ0n) is 11.8. The minimum absolute atomic E-state index is 0.0663. The van der Waals surface area contributed by atoms with Crippen molar-refractivity contribution in [2.75, 3.05) is 19.8 Å². The summed E-state index contributed by atoms with van der Waals surface area (Å²) in [5.41, 5.74) is 6.59. The van der Waals surface area contributed by atoms with Crippen molar-refractivity contribution in [3.05, 3.63) is 22.2 Å². The van der Waals surface area contributed by atoms with E-state index < -0.39 is 6.10 Å². The highest BCUT2D eigenvalue weighted by Crippen LogP contribution is 2.40. The van der Waals surface area contributed by atoms with Crippen LogP contribution in [0.5, 0.6) is 11.5 Å². The molecule has 0 amide bonds. The first-order valence-electron chi connectivity index (χ1n) is 7.14. The van der Waals surface area contributed by atoms with Crippen LogP contribution < -0.4 is 15.2 Å². The molecule has 2 atom stereocenters. The molecule has 0 saturated heterocycles. The lowest BCUT2D eigenvalue weighted by atomic mass is 9.92. The molecule has 1 aromatic rings. The number of hydrogen-bond donors (Lipinski definition) is 2. The third-order valence-corrected chi connectivity index (χ3v) is 4.16. The van der Waals surface area contributed by atoms with E-state index >= 15 is 0 Å². The molecule has 3 N–H and O–H groups in total. The molecule has 0 aliphatic carbocycles. The summed E-state index contributed by atoms with van der Waals surface area (Å²) in [6.45, 7) is 3.85. The van der Waals surface area contributed by atoms with Gasteiger partial charge in [-0.15, -0.1) is 0 Å². The maximum atomic E-state index is 10.5. The molecule has 2 rings (SSSR count). The molecule has 0 saturated carbocycles. The minimum Gasteiger partial charge on any atom is -0.490 e. The minimum atomic E-state index is -0.576. The van der Waals surface area contributed by atoms with E-state index in [1.807, 2.05) is 12.1 Å². The molecule has 4 nitrogen and oxygen atoms in total. The van der Waals surface area contributed by atoms with Crippen molar-refractivity contribution in [1.82, 2.24) is 0 Å². The summed E-state index contributed by atoms with van der Waals surface area (Å²) in [7, 11) is 0. The molecule has 0 fully saturated rings. The topological polar surface area (TPSA) is 64.7 Å². The first-order chi connectivity index (χ1) is 9.67. The number of rotatable bonds is 5. The smallest absolute Gasteiger partial charge is 0.175 e. The highest BCUT2D eigenvalue weighted by Gasteiger charge is 2.23. The number of aliphatic hydroxyl groups is 1. The molecule has 0 spiro atoms. The van der Waals surface area contributed by atoms with Gasteiger partial charge in [0.25, 0.3) is 0 Å². The highest BCUT2D eigenvalue weighted by molar-refractivity contribution is 9.10. The standard InChI is InChI=1S/C15H22BrNO3/c1-2-4-10(9-17)14(18)11-7-12(16)15-13(8-11)19-5-3-6-20-15/h7-8,10,14,18H,2-6,9,17H2,1H3. The number of benzene rings is 1. The summed E-state index contributed by atoms with van der Waals surface area (Å²) in [4.78, 5) is 0. The van der Waals surface area contributed by atoms with Crippen LogP contribution >= 0.6 is 15.9 Å². The zero-order chi connectivity index (χ0) is 14.5. The zero-order valence-corrected chi connectivity index (χ0v) is 13.4. The molecule has 5 heteroatoms. The Labute approximate surface area is 128 Å². The molecule has 0 bridgehead atoms. The number of aliphatic hydroxyl groups excluding tert-OH is 1. The van der Waals surface area contributed by atoms with Crippen LogP contribution in [0.3, 0.4) is 0 Å². The van der Waals surface area contributed by atoms with Crippen molar-refractivity contribution < 1.29 is 14.6 Å². The van der Waals surface area contributed by atoms with E-state index in [2.05, 4.69) is 22.9 Å². The largest absolute Gasteiger partial charge is 0.490 e. The van der Waals surface area contributed by atoms with E-state index in [9.17, 15) is 5.11 Å². The number of fused-ring (bicyclic) bond motifs is 1. The first-order valence-corrected chi connectivity index (χ1v) is 7.93. The van der Waals surface area contributed by atoms with Crippen molar-refractivity contribution in [2.24, 2.45) is 11.7 Å². The molecule has 112 valence electrons. The quantitative estimate of drug-likeness (QED) is 0.862. The third-order valence-electron chi connectivity index (χ3n) is 3.57.